The number of carbonyl (C=O) groups excluding carboxylic acids is 1. The molecule has 0 aliphatic carbocycles. The normalized spacial score (nSPS) is 24.7. The molecular formula is C25H25ClN3O+. The van der Waals surface area contributed by atoms with Gasteiger partial charge in [0.05, 0.1) is 24.7 Å². The second-order valence-electron chi connectivity index (χ2n) is 8.65. The Hall–Kier alpha value is -2.69. The summed E-state index contributed by atoms with van der Waals surface area (Å²) < 4.78 is 0.646. The molecule has 2 aliphatic heterocycles. The molecule has 152 valence electrons. The number of nitrogens with zero attached hydrogens (tertiary/aromatic N) is 3. The molecular weight excluding hydrogens is 394 g/mol. The van der Waals surface area contributed by atoms with E-state index >= 15 is 0 Å². The summed E-state index contributed by atoms with van der Waals surface area (Å²) >= 11 is 6.53. The fraction of sp³-hybridized carbons (Fsp3) is 0.280. The molecule has 1 aromatic heterocycles. The van der Waals surface area contributed by atoms with Gasteiger partial charge in [-0.15, -0.1) is 0 Å². The van der Waals surface area contributed by atoms with Crippen LogP contribution in [-0.2, 0) is 10.3 Å². The van der Waals surface area contributed by atoms with Gasteiger partial charge in [0.1, 0.15) is 11.4 Å². The molecule has 0 N–H and O–H groups in total. The third-order valence-corrected chi connectivity index (χ3v) is 7.78. The Labute approximate surface area is 182 Å². The van der Waals surface area contributed by atoms with Crippen molar-refractivity contribution < 1.29 is 4.79 Å². The Kier molecular flexibility index (Phi) is 4.12. The number of pyridine rings is 1. The highest BCUT2D eigenvalue weighted by Gasteiger charge is 2.67. The zero-order valence-corrected chi connectivity index (χ0v) is 18.3. The molecule has 2 aromatic carbocycles. The van der Waals surface area contributed by atoms with Crippen LogP contribution in [0.15, 0.2) is 55.3 Å². The van der Waals surface area contributed by atoms with Crippen LogP contribution < -0.4 is 4.48 Å². The number of likely N-dealkylation sites (N-methyl/N-ethyl adjacent to an activating group) is 1. The molecule has 0 saturated carbocycles. The minimum atomic E-state index is -0.222. The fourth-order valence-electron chi connectivity index (χ4n) is 5.66. The number of aryl methyl sites for hydroxylation is 1. The minimum absolute atomic E-state index is 0.0117. The molecule has 2 unspecified atom stereocenters. The standard InChI is InChI=1S/C25H25ClN3O/c1-5-23(30)28-13-11-25(15-28)24-17(3)20(26)8-9-22(24)29(25,4)18-6-7-19-16(2)10-12-27-21(19)14-18/h5-10,12,14H,1,11,13,15H2,2-4H3/q+1. The number of hydrogen-bond donors (Lipinski definition) is 0. The summed E-state index contributed by atoms with van der Waals surface area (Å²) in [5, 5.41) is 1.95. The van der Waals surface area contributed by atoms with Crippen molar-refractivity contribution in [1.29, 1.82) is 0 Å². The predicted octanol–water partition coefficient (Wildman–Crippen LogP) is 5.40. The van der Waals surface area contributed by atoms with Crippen LogP contribution in [0.2, 0.25) is 5.02 Å². The van der Waals surface area contributed by atoms with Gasteiger partial charge in [0, 0.05) is 47.8 Å². The van der Waals surface area contributed by atoms with E-state index in [0.717, 1.165) is 29.1 Å². The van der Waals surface area contributed by atoms with E-state index in [1.54, 1.807) is 0 Å². The van der Waals surface area contributed by atoms with Crippen molar-refractivity contribution in [2.75, 3.05) is 20.1 Å². The van der Waals surface area contributed by atoms with Crippen LogP contribution in [0.4, 0.5) is 11.4 Å². The summed E-state index contributed by atoms with van der Waals surface area (Å²) in [6.07, 6.45) is 4.16. The lowest BCUT2D eigenvalue weighted by Crippen LogP contribution is -2.67. The summed E-state index contributed by atoms with van der Waals surface area (Å²) in [6, 6.07) is 12.8. The number of halogens is 1. The van der Waals surface area contributed by atoms with Crippen molar-refractivity contribution in [2.45, 2.75) is 25.8 Å². The quantitative estimate of drug-likeness (QED) is 0.412. The SMILES string of the molecule is C=CC(=O)N1CCC2(C1)c1c(ccc(Cl)c1C)[N+]2(C)c1ccc2c(C)ccnc2c1. The van der Waals surface area contributed by atoms with Gasteiger partial charge in [-0.2, -0.15) is 0 Å². The highest BCUT2D eigenvalue weighted by molar-refractivity contribution is 6.31. The molecule has 30 heavy (non-hydrogen) atoms. The molecule has 5 heteroatoms. The highest BCUT2D eigenvalue weighted by atomic mass is 35.5. The molecule has 2 atom stereocenters. The van der Waals surface area contributed by atoms with Crippen LogP contribution in [0.5, 0.6) is 0 Å². The molecule has 0 radical (unpaired) electrons. The zero-order valence-electron chi connectivity index (χ0n) is 17.6. The van der Waals surface area contributed by atoms with Crippen molar-refractivity contribution in [3.8, 4) is 0 Å². The van der Waals surface area contributed by atoms with E-state index in [4.69, 9.17) is 11.6 Å². The van der Waals surface area contributed by atoms with Crippen LogP contribution in [0, 0.1) is 13.8 Å². The number of fused-ring (bicyclic) bond motifs is 3. The summed E-state index contributed by atoms with van der Waals surface area (Å²) in [4.78, 5) is 19.0. The summed E-state index contributed by atoms with van der Waals surface area (Å²) in [5.74, 6) is -0.0117. The maximum Gasteiger partial charge on any atom is 0.246 e. The first-order chi connectivity index (χ1) is 14.3. The van der Waals surface area contributed by atoms with Crippen molar-refractivity contribution in [3.05, 3.63) is 77.0 Å². The minimum Gasteiger partial charge on any atom is -0.332 e. The average molecular weight is 419 g/mol. The van der Waals surface area contributed by atoms with Gasteiger partial charge in [-0.3, -0.25) is 14.3 Å². The number of aromatic nitrogens is 1. The van der Waals surface area contributed by atoms with E-state index < -0.39 is 0 Å². The van der Waals surface area contributed by atoms with Crippen LogP contribution in [0.1, 0.15) is 23.1 Å². The van der Waals surface area contributed by atoms with E-state index in [1.807, 2.05) is 23.2 Å². The average Bonchev–Trinajstić information content (AvgIpc) is 3.22. The molecule has 0 bridgehead atoms. The lowest BCUT2D eigenvalue weighted by atomic mass is 9.72. The van der Waals surface area contributed by atoms with Gasteiger partial charge in [0.15, 0.2) is 5.54 Å². The topological polar surface area (TPSA) is 33.2 Å². The van der Waals surface area contributed by atoms with Crippen molar-refractivity contribution in [3.63, 3.8) is 0 Å². The van der Waals surface area contributed by atoms with E-state index in [-0.39, 0.29) is 11.4 Å². The second-order valence-corrected chi connectivity index (χ2v) is 9.05. The predicted molar refractivity (Wildman–Crippen MR) is 123 cm³/mol. The molecule has 1 fully saturated rings. The van der Waals surface area contributed by atoms with Gasteiger partial charge in [-0.1, -0.05) is 18.2 Å². The molecule has 3 aromatic rings. The summed E-state index contributed by atoms with van der Waals surface area (Å²) in [7, 11) is 2.26. The molecule has 3 heterocycles. The van der Waals surface area contributed by atoms with E-state index in [1.165, 1.54) is 34.0 Å². The lowest BCUT2D eigenvalue weighted by molar-refractivity contribution is -0.125. The monoisotopic (exact) mass is 418 g/mol. The Bertz CT molecular complexity index is 1240. The number of rotatable bonds is 2. The third-order valence-electron chi connectivity index (χ3n) is 7.37. The Morgan fingerprint density at radius 3 is 2.83 bits per heavy atom. The van der Waals surface area contributed by atoms with Gasteiger partial charge in [0.25, 0.3) is 0 Å². The van der Waals surface area contributed by atoms with Gasteiger partial charge < -0.3 is 4.90 Å². The Morgan fingerprint density at radius 1 is 1.27 bits per heavy atom. The first kappa shape index (κ1) is 19.3. The maximum absolute atomic E-state index is 12.4. The van der Waals surface area contributed by atoms with E-state index in [0.29, 0.717) is 11.0 Å². The molecule has 1 amide bonds. The van der Waals surface area contributed by atoms with E-state index in [2.05, 4.69) is 56.7 Å². The van der Waals surface area contributed by atoms with Crippen LogP contribution in [-0.4, -0.2) is 35.9 Å². The smallest absolute Gasteiger partial charge is 0.246 e. The molecule has 5 rings (SSSR count). The van der Waals surface area contributed by atoms with Gasteiger partial charge >= 0.3 is 0 Å². The van der Waals surface area contributed by atoms with Crippen LogP contribution in [0.3, 0.4) is 0 Å². The van der Waals surface area contributed by atoms with Crippen molar-refractivity contribution in [2.24, 2.45) is 0 Å². The van der Waals surface area contributed by atoms with Gasteiger partial charge in [0.2, 0.25) is 5.91 Å². The largest absolute Gasteiger partial charge is 0.332 e. The third kappa shape index (κ3) is 2.26. The first-order valence-electron chi connectivity index (χ1n) is 10.3. The van der Waals surface area contributed by atoms with Crippen LogP contribution >= 0.6 is 11.6 Å². The number of likely N-dealkylation sites (tertiary alicyclic amines) is 1. The zero-order chi connectivity index (χ0) is 21.3. The highest BCUT2D eigenvalue weighted by Crippen LogP contribution is 2.63. The maximum atomic E-state index is 12.4. The lowest BCUT2D eigenvalue weighted by Gasteiger charge is -2.57. The van der Waals surface area contributed by atoms with Gasteiger partial charge in [-0.05, 0) is 49.2 Å². The molecule has 1 saturated heterocycles. The summed E-state index contributed by atoms with van der Waals surface area (Å²) in [6.45, 7) is 9.26. The number of benzene rings is 2. The number of hydrogen-bond acceptors (Lipinski definition) is 2. The first-order valence-corrected chi connectivity index (χ1v) is 10.7. The molecule has 2 aliphatic rings. The van der Waals surface area contributed by atoms with Crippen molar-refractivity contribution >= 4 is 39.8 Å². The fourth-order valence-corrected chi connectivity index (χ4v) is 5.81. The molecule has 4 nitrogen and oxygen atoms in total. The van der Waals surface area contributed by atoms with Gasteiger partial charge in [-0.25, -0.2) is 0 Å². The number of amides is 1. The summed E-state index contributed by atoms with van der Waals surface area (Å²) in [5.41, 5.74) is 6.83. The Morgan fingerprint density at radius 2 is 2.07 bits per heavy atom. The van der Waals surface area contributed by atoms with E-state index in [9.17, 15) is 4.79 Å². The van der Waals surface area contributed by atoms with Crippen LogP contribution in [0.25, 0.3) is 10.9 Å². The Balaban J connectivity index is 1.73. The second kappa shape index (κ2) is 6.40. The molecule has 1 spiro atoms. The number of quaternary nitrogens is 1. The van der Waals surface area contributed by atoms with Crippen molar-refractivity contribution in [1.82, 2.24) is 14.4 Å². The number of carbonyl (C=O) groups is 1.